The van der Waals surface area contributed by atoms with E-state index in [1.165, 1.54) is 0 Å². The van der Waals surface area contributed by atoms with E-state index in [0.717, 1.165) is 27.9 Å². The molecule has 4 nitrogen and oxygen atoms in total. The number of nitriles is 1. The summed E-state index contributed by atoms with van der Waals surface area (Å²) in [5.41, 5.74) is 5.64. The van der Waals surface area contributed by atoms with Crippen LogP contribution in [0.1, 0.15) is 23.6 Å². The highest BCUT2D eigenvalue weighted by Gasteiger charge is 2.15. The molecule has 0 bridgehead atoms. The van der Waals surface area contributed by atoms with Gasteiger partial charge in [0.15, 0.2) is 6.10 Å². The Morgan fingerprint density at radius 3 is 2.14 bits per heavy atom. The number of nitrogens with zero attached hydrogens (tertiary/aromatic N) is 1. The third-order valence-electron chi connectivity index (χ3n) is 4.52. The van der Waals surface area contributed by atoms with Crippen molar-refractivity contribution in [1.29, 1.82) is 5.26 Å². The monoisotopic (exact) mass is 370 g/mol. The third-order valence-corrected chi connectivity index (χ3v) is 4.52. The lowest BCUT2D eigenvalue weighted by atomic mass is 10.0. The van der Waals surface area contributed by atoms with Gasteiger partial charge in [0, 0.05) is 5.69 Å². The van der Waals surface area contributed by atoms with Crippen LogP contribution >= 0.6 is 0 Å². The van der Waals surface area contributed by atoms with Gasteiger partial charge in [0.25, 0.3) is 5.91 Å². The Bertz CT molecular complexity index is 1020. The Labute approximate surface area is 165 Å². The van der Waals surface area contributed by atoms with Gasteiger partial charge < -0.3 is 10.1 Å². The van der Waals surface area contributed by atoms with Crippen molar-refractivity contribution in [2.24, 2.45) is 0 Å². The van der Waals surface area contributed by atoms with Crippen LogP contribution in [0, 0.1) is 25.2 Å². The molecule has 0 aliphatic heterocycles. The van der Waals surface area contributed by atoms with Crippen molar-refractivity contribution >= 4 is 11.6 Å². The molecule has 1 amide bonds. The fourth-order valence-corrected chi connectivity index (χ4v) is 2.91. The summed E-state index contributed by atoms with van der Waals surface area (Å²) in [6.45, 7) is 5.72. The Hall–Kier alpha value is -3.58. The SMILES string of the molecule is Cc1ccc(NC(=O)C(C)Oc2ccc(-c3ccc(C#N)cc3)cc2)c(C)c1. The minimum Gasteiger partial charge on any atom is -0.481 e. The summed E-state index contributed by atoms with van der Waals surface area (Å²) < 4.78 is 5.78. The Balaban J connectivity index is 1.64. The summed E-state index contributed by atoms with van der Waals surface area (Å²) in [4.78, 5) is 12.4. The number of nitrogens with one attached hydrogen (secondary N) is 1. The van der Waals surface area contributed by atoms with Crippen LogP contribution in [-0.2, 0) is 4.79 Å². The Morgan fingerprint density at radius 2 is 1.57 bits per heavy atom. The van der Waals surface area contributed by atoms with E-state index in [-0.39, 0.29) is 5.91 Å². The maximum Gasteiger partial charge on any atom is 0.265 e. The van der Waals surface area contributed by atoms with Crippen molar-refractivity contribution in [2.45, 2.75) is 26.9 Å². The van der Waals surface area contributed by atoms with E-state index < -0.39 is 6.10 Å². The van der Waals surface area contributed by atoms with Gasteiger partial charge in [0.05, 0.1) is 11.6 Å². The van der Waals surface area contributed by atoms with Crippen LogP contribution in [0.3, 0.4) is 0 Å². The Morgan fingerprint density at radius 1 is 0.964 bits per heavy atom. The summed E-state index contributed by atoms with van der Waals surface area (Å²) in [6.07, 6.45) is -0.624. The first-order chi connectivity index (χ1) is 13.5. The quantitative estimate of drug-likeness (QED) is 0.667. The van der Waals surface area contributed by atoms with Crippen LogP contribution in [0.2, 0.25) is 0 Å². The zero-order chi connectivity index (χ0) is 20.1. The number of ether oxygens (including phenoxy) is 1. The van der Waals surface area contributed by atoms with E-state index in [9.17, 15) is 4.79 Å². The molecule has 140 valence electrons. The molecule has 3 aromatic rings. The molecule has 28 heavy (non-hydrogen) atoms. The van der Waals surface area contributed by atoms with Crippen LogP contribution in [-0.4, -0.2) is 12.0 Å². The van der Waals surface area contributed by atoms with E-state index in [0.29, 0.717) is 11.3 Å². The van der Waals surface area contributed by atoms with Gasteiger partial charge in [-0.25, -0.2) is 0 Å². The number of amides is 1. The van der Waals surface area contributed by atoms with E-state index in [1.54, 1.807) is 19.1 Å². The molecule has 3 aromatic carbocycles. The summed E-state index contributed by atoms with van der Waals surface area (Å²) >= 11 is 0. The average molecular weight is 370 g/mol. The Kier molecular flexibility index (Phi) is 5.76. The first-order valence-corrected chi connectivity index (χ1v) is 9.11. The van der Waals surface area contributed by atoms with Crippen molar-refractivity contribution in [3.8, 4) is 22.9 Å². The molecule has 0 fully saturated rings. The molecule has 0 aliphatic rings. The summed E-state index contributed by atoms with van der Waals surface area (Å²) in [5.74, 6) is 0.434. The summed E-state index contributed by atoms with van der Waals surface area (Å²) in [7, 11) is 0. The van der Waals surface area contributed by atoms with E-state index >= 15 is 0 Å². The summed E-state index contributed by atoms with van der Waals surface area (Å²) in [5, 5.41) is 11.8. The van der Waals surface area contributed by atoms with Crippen LogP contribution in [0.15, 0.2) is 66.7 Å². The maximum atomic E-state index is 12.4. The van der Waals surface area contributed by atoms with E-state index in [4.69, 9.17) is 10.00 Å². The lowest BCUT2D eigenvalue weighted by molar-refractivity contribution is -0.122. The van der Waals surface area contributed by atoms with Gasteiger partial charge in [0.2, 0.25) is 0 Å². The maximum absolute atomic E-state index is 12.4. The molecular weight excluding hydrogens is 348 g/mol. The normalized spacial score (nSPS) is 11.4. The molecule has 0 saturated carbocycles. The van der Waals surface area contributed by atoms with Crippen LogP contribution in [0.4, 0.5) is 5.69 Å². The zero-order valence-electron chi connectivity index (χ0n) is 16.2. The van der Waals surface area contributed by atoms with Gasteiger partial charge in [-0.15, -0.1) is 0 Å². The molecular formula is C24H22N2O2. The number of anilines is 1. The molecule has 0 heterocycles. The number of benzene rings is 3. The molecule has 0 saturated heterocycles. The van der Waals surface area contributed by atoms with Crippen molar-refractivity contribution in [3.05, 3.63) is 83.4 Å². The number of carbonyl (C=O) groups excluding carboxylic acids is 1. The van der Waals surface area contributed by atoms with Gasteiger partial charge in [-0.05, 0) is 67.8 Å². The zero-order valence-corrected chi connectivity index (χ0v) is 16.2. The highest BCUT2D eigenvalue weighted by molar-refractivity contribution is 5.94. The molecule has 1 N–H and O–H groups in total. The predicted molar refractivity (Wildman–Crippen MR) is 111 cm³/mol. The molecule has 1 unspecified atom stereocenters. The first-order valence-electron chi connectivity index (χ1n) is 9.11. The lowest BCUT2D eigenvalue weighted by Crippen LogP contribution is -2.30. The first kappa shape index (κ1) is 19.2. The second kappa shape index (κ2) is 8.41. The van der Waals surface area contributed by atoms with E-state index in [2.05, 4.69) is 11.4 Å². The van der Waals surface area contributed by atoms with Crippen LogP contribution < -0.4 is 10.1 Å². The minimum atomic E-state index is -0.624. The van der Waals surface area contributed by atoms with Crippen molar-refractivity contribution in [3.63, 3.8) is 0 Å². The van der Waals surface area contributed by atoms with Gasteiger partial charge in [-0.2, -0.15) is 5.26 Å². The molecule has 1 atom stereocenters. The number of rotatable bonds is 5. The average Bonchev–Trinajstić information content (AvgIpc) is 2.70. The van der Waals surface area contributed by atoms with Crippen LogP contribution in [0.25, 0.3) is 11.1 Å². The summed E-state index contributed by atoms with van der Waals surface area (Å²) in [6, 6.07) is 23.0. The molecule has 0 aromatic heterocycles. The lowest BCUT2D eigenvalue weighted by Gasteiger charge is -2.16. The number of aryl methyl sites for hydroxylation is 2. The van der Waals surface area contributed by atoms with Crippen LogP contribution in [0.5, 0.6) is 5.75 Å². The van der Waals surface area contributed by atoms with Gasteiger partial charge in [-0.3, -0.25) is 4.79 Å². The van der Waals surface area contributed by atoms with Gasteiger partial charge in [-0.1, -0.05) is 42.0 Å². The largest absolute Gasteiger partial charge is 0.481 e. The van der Waals surface area contributed by atoms with Crippen molar-refractivity contribution in [2.75, 3.05) is 5.32 Å². The number of carbonyl (C=O) groups is 1. The van der Waals surface area contributed by atoms with Gasteiger partial charge in [0.1, 0.15) is 5.75 Å². The fraction of sp³-hybridized carbons (Fsp3) is 0.167. The molecule has 0 aliphatic carbocycles. The van der Waals surface area contributed by atoms with Gasteiger partial charge >= 0.3 is 0 Å². The fourth-order valence-electron chi connectivity index (χ4n) is 2.91. The van der Waals surface area contributed by atoms with Crippen molar-refractivity contribution < 1.29 is 9.53 Å². The number of hydrogen-bond donors (Lipinski definition) is 1. The highest BCUT2D eigenvalue weighted by atomic mass is 16.5. The second-order valence-corrected chi connectivity index (χ2v) is 6.78. The second-order valence-electron chi connectivity index (χ2n) is 6.78. The predicted octanol–water partition coefficient (Wildman–Crippen LogP) is 5.25. The minimum absolute atomic E-state index is 0.192. The number of hydrogen-bond acceptors (Lipinski definition) is 3. The third kappa shape index (κ3) is 4.57. The highest BCUT2D eigenvalue weighted by Crippen LogP contribution is 2.24. The molecule has 3 rings (SSSR count). The smallest absolute Gasteiger partial charge is 0.265 e. The topological polar surface area (TPSA) is 62.1 Å². The standard InChI is InChI=1S/C24H22N2O2/c1-16-4-13-23(17(2)14-16)26-24(27)18(3)28-22-11-9-21(10-12-22)20-7-5-19(15-25)6-8-20/h4-14,18H,1-3H3,(H,26,27). The molecule has 4 heteroatoms. The van der Waals surface area contributed by atoms with E-state index in [1.807, 2.05) is 68.4 Å². The molecule has 0 radical (unpaired) electrons. The van der Waals surface area contributed by atoms with Crippen molar-refractivity contribution in [1.82, 2.24) is 0 Å². The molecule has 0 spiro atoms.